The van der Waals surface area contributed by atoms with E-state index in [0.29, 0.717) is 6.04 Å². The molecule has 4 aromatic rings. The van der Waals surface area contributed by atoms with Gasteiger partial charge in [-0.15, -0.1) is 0 Å². The van der Waals surface area contributed by atoms with Crippen molar-refractivity contribution in [3.63, 3.8) is 0 Å². The minimum atomic E-state index is 0.295. The van der Waals surface area contributed by atoms with E-state index in [1.165, 1.54) is 11.1 Å². The van der Waals surface area contributed by atoms with Crippen LogP contribution in [-0.2, 0) is 12.8 Å². The van der Waals surface area contributed by atoms with Gasteiger partial charge in [0, 0.05) is 17.6 Å². The molecule has 1 unspecified atom stereocenters. The molecule has 4 aromatic heterocycles. The van der Waals surface area contributed by atoms with Crippen LogP contribution >= 0.6 is 15.9 Å². The molecule has 5 rings (SSSR count). The Labute approximate surface area is 144 Å². The first-order chi connectivity index (χ1) is 11.8. The standard InChI is InChI=1S/C15H13BrN8/c16-12-11-14(18-6-19-15(11)24-22-12)21-8-1-2-9-7(3-8)4-17-13-10(9)5-20-23-13/h4-6,8H,1-3H2,(H,17,20,23)(H2,18,19,21,22,24). The molecule has 24 heavy (non-hydrogen) atoms. The van der Waals surface area contributed by atoms with E-state index in [1.807, 2.05) is 12.4 Å². The Morgan fingerprint density at radius 1 is 1.12 bits per heavy atom. The Balaban J connectivity index is 1.47. The first kappa shape index (κ1) is 13.8. The van der Waals surface area contributed by atoms with Crippen LogP contribution in [-0.4, -0.2) is 41.4 Å². The zero-order valence-electron chi connectivity index (χ0n) is 12.5. The SMILES string of the molecule is Brc1n[nH]c2ncnc(NC3CCc4c(cnc5[nH]ncc45)C3)c12. The van der Waals surface area contributed by atoms with Crippen LogP contribution in [0.4, 0.5) is 5.82 Å². The summed E-state index contributed by atoms with van der Waals surface area (Å²) in [6.45, 7) is 0. The van der Waals surface area contributed by atoms with Gasteiger partial charge >= 0.3 is 0 Å². The second-order valence-corrected chi connectivity index (χ2v) is 6.69. The molecule has 0 saturated heterocycles. The largest absolute Gasteiger partial charge is 0.366 e. The first-order valence-electron chi connectivity index (χ1n) is 7.70. The number of nitrogens with zero attached hydrogens (tertiary/aromatic N) is 5. The molecule has 1 atom stereocenters. The molecular weight excluding hydrogens is 372 g/mol. The normalized spacial score (nSPS) is 17.3. The summed E-state index contributed by atoms with van der Waals surface area (Å²) in [5, 5.41) is 19.6. The molecule has 0 bridgehead atoms. The van der Waals surface area contributed by atoms with Crippen molar-refractivity contribution < 1.29 is 0 Å². The summed E-state index contributed by atoms with van der Waals surface area (Å²) in [5.74, 6) is 0.798. The topological polar surface area (TPSA) is 108 Å². The number of hydrogen-bond acceptors (Lipinski definition) is 6. The summed E-state index contributed by atoms with van der Waals surface area (Å²) in [4.78, 5) is 13.0. The maximum atomic E-state index is 4.46. The van der Waals surface area contributed by atoms with E-state index in [9.17, 15) is 0 Å². The third kappa shape index (κ3) is 2.08. The van der Waals surface area contributed by atoms with E-state index < -0.39 is 0 Å². The second-order valence-electron chi connectivity index (χ2n) is 5.94. The quantitative estimate of drug-likeness (QED) is 0.489. The lowest BCUT2D eigenvalue weighted by atomic mass is 9.88. The molecule has 0 aliphatic heterocycles. The summed E-state index contributed by atoms with van der Waals surface area (Å²) >= 11 is 3.45. The van der Waals surface area contributed by atoms with Crippen LogP contribution in [0.1, 0.15) is 17.5 Å². The molecule has 1 aliphatic carbocycles. The smallest absolute Gasteiger partial charge is 0.161 e. The molecule has 4 heterocycles. The number of aromatic amines is 2. The second kappa shape index (κ2) is 5.23. The van der Waals surface area contributed by atoms with Gasteiger partial charge in [-0.25, -0.2) is 15.0 Å². The van der Waals surface area contributed by atoms with Crippen LogP contribution in [0, 0.1) is 0 Å². The highest BCUT2D eigenvalue weighted by Gasteiger charge is 2.23. The maximum absolute atomic E-state index is 4.46. The minimum absolute atomic E-state index is 0.295. The predicted octanol–water partition coefficient (Wildman–Crippen LogP) is 2.36. The van der Waals surface area contributed by atoms with Gasteiger partial charge < -0.3 is 5.32 Å². The molecule has 0 amide bonds. The van der Waals surface area contributed by atoms with Crippen LogP contribution < -0.4 is 5.32 Å². The van der Waals surface area contributed by atoms with Gasteiger partial charge in [-0.3, -0.25) is 10.2 Å². The zero-order chi connectivity index (χ0) is 16.1. The lowest BCUT2D eigenvalue weighted by Gasteiger charge is -2.26. The summed E-state index contributed by atoms with van der Waals surface area (Å²) in [7, 11) is 0. The Morgan fingerprint density at radius 3 is 3.04 bits per heavy atom. The summed E-state index contributed by atoms with van der Waals surface area (Å²) in [5.41, 5.74) is 4.20. The highest BCUT2D eigenvalue weighted by molar-refractivity contribution is 9.10. The Hall–Kier alpha value is -2.55. The van der Waals surface area contributed by atoms with Gasteiger partial charge in [-0.2, -0.15) is 10.2 Å². The van der Waals surface area contributed by atoms with Crippen molar-refractivity contribution >= 4 is 43.8 Å². The van der Waals surface area contributed by atoms with Crippen LogP contribution in [0.3, 0.4) is 0 Å². The lowest BCUT2D eigenvalue weighted by molar-refractivity contribution is 0.610. The average Bonchev–Trinajstić information content (AvgIpc) is 3.22. The number of rotatable bonds is 2. The number of aryl methyl sites for hydroxylation is 1. The van der Waals surface area contributed by atoms with Crippen molar-refractivity contribution in [3.05, 3.63) is 34.5 Å². The zero-order valence-corrected chi connectivity index (χ0v) is 14.1. The maximum Gasteiger partial charge on any atom is 0.161 e. The molecule has 0 fully saturated rings. The lowest BCUT2D eigenvalue weighted by Crippen LogP contribution is -2.28. The van der Waals surface area contributed by atoms with Gasteiger partial charge in [0.05, 0.1) is 11.6 Å². The van der Waals surface area contributed by atoms with Gasteiger partial charge in [0.15, 0.2) is 11.3 Å². The monoisotopic (exact) mass is 384 g/mol. The van der Waals surface area contributed by atoms with Gasteiger partial charge in [0.1, 0.15) is 16.7 Å². The Bertz CT molecular complexity index is 1050. The number of fused-ring (bicyclic) bond motifs is 4. The Kier molecular flexibility index (Phi) is 3.02. The highest BCUT2D eigenvalue weighted by Crippen LogP contribution is 2.30. The number of halogens is 1. The van der Waals surface area contributed by atoms with Crippen molar-refractivity contribution in [3.8, 4) is 0 Å². The van der Waals surface area contributed by atoms with Crippen LogP contribution in [0.2, 0.25) is 0 Å². The van der Waals surface area contributed by atoms with Crippen molar-refractivity contribution in [1.29, 1.82) is 0 Å². The fourth-order valence-electron chi connectivity index (χ4n) is 3.40. The van der Waals surface area contributed by atoms with Crippen molar-refractivity contribution in [2.24, 2.45) is 0 Å². The molecule has 1 aliphatic rings. The van der Waals surface area contributed by atoms with Gasteiger partial charge in [-0.1, -0.05) is 0 Å². The molecule has 0 spiro atoms. The van der Waals surface area contributed by atoms with E-state index in [0.717, 1.165) is 51.8 Å². The third-order valence-electron chi connectivity index (χ3n) is 4.54. The van der Waals surface area contributed by atoms with Crippen LogP contribution in [0.25, 0.3) is 22.1 Å². The predicted molar refractivity (Wildman–Crippen MR) is 92.7 cm³/mol. The van der Waals surface area contributed by atoms with Crippen molar-refractivity contribution in [1.82, 2.24) is 35.3 Å². The van der Waals surface area contributed by atoms with Crippen LogP contribution in [0.5, 0.6) is 0 Å². The fourth-order valence-corrected chi connectivity index (χ4v) is 3.86. The molecule has 120 valence electrons. The molecule has 3 N–H and O–H groups in total. The summed E-state index contributed by atoms with van der Waals surface area (Å²) in [6.07, 6.45) is 8.29. The number of hydrogen-bond donors (Lipinski definition) is 3. The molecule has 0 saturated carbocycles. The molecule has 0 radical (unpaired) electrons. The van der Waals surface area contributed by atoms with Gasteiger partial charge in [0.25, 0.3) is 0 Å². The van der Waals surface area contributed by atoms with Crippen molar-refractivity contribution in [2.45, 2.75) is 25.3 Å². The number of anilines is 1. The van der Waals surface area contributed by atoms with E-state index in [1.54, 1.807) is 6.33 Å². The minimum Gasteiger partial charge on any atom is -0.366 e. The van der Waals surface area contributed by atoms with E-state index in [4.69, 9.17) is 0 Å². The van der Waals surface area contributed by atoms with E-state index in [2.05, 4.69) is 56.6 Å². The molecule has 8 nitrogen and oxygen atoms in total. The third-order valence-corrected chi connectivity index (χ3v) is 5.12. The van der Waals surface area contributed by atoms with E-state index in [-0.39, 0.29) is 0 Å². The molecular formula is C15H13BrN8. The number of H-pyrrole nitrogens is 2. The van der Waals surface area contributed by atoms with Crippen LogP contribution in [0.15, 0.2) is 23.3 Å². The van der Waals surface area contributed by atoms with Gasteiger partial charge in [0.2, 0.25) is 0 Å². The average molecular weight is 385 g/mol. The number of aromatic nitrogens is 7. The van der Waals surface area contributed by atoms with Gasteiger partial charge in [-0.05, 0) is 46.3 Å². The molecule has 0 aromatic carbocycles. The molecule has 9 heteroatoms. The number of nitrogens with one attached hydrogen (secondary N) is 3. The Morgan fingerprint density at radius 2 is 2.08 bits per heavy atom. The van der Waals surface area contributed by atoms with E-state index >= 15 is 0 Å². The summed E-state index contributed by atoms with van der Waals surface area (Å²) in [6, 6.07) is 0.295. The fraction of sp³-hybridized carbons (Fsp3) is 0.267. The number of pyridine rings is 1. The van der Waals surface area contributed by atoms with Crippen molar-refractivity contribution in [2.75, 3.05) is 5.32 Å². The highest BCUT2D eigenvalue weighted by atomic mass is 79.9. The first-order valence-corrected chi connectivity index (χ1v) is 8.50. The summed E-state index contributed by atoms with van der Waals surface area (Å²) < 4.78 is 0.721.